The van der Waals surface area contributed by atoms with E-state index in [1.807, 2.05) is 0 Å². The van der Waals surface area contributed by atoms with Gasteiger partial charge >= 0.3 is 6.18 Å². The highest BCUT2D eigenvalue weighted by molar-refractivity contribution is 5.16. The molecule has 1 aromatic heterocycles. The molecule has 0 bridgehead atoms. The predicted octanol–water partition coefficient (Wildman–Crippen LogP) is 4.08. The normalized spacial score (nSPS) is 13.8. The molecule has 1 aromatic rings. The van der Waals surface area contributed by atoms with E-state index in [2.05, 4.69) is 18.8 Å². The molecule has 0 aliphatic rings. The summed E-state index contributed by atoms with van der Waals surface area (Å²) in [5.74, 6) is 0.489. The second-order valence-corrected chi connectivity index (χ2v) is 4.15. The molecule has 0 N–H and O–H groups in total. The van der Waals surface area contributed by atoms with Gasteiger partial charge in [0, 0.05) is 6.20 Å². The van der Waals surface area contributed by atoms with Crippen LogP contribution < -0.4 is 0 Å². The standard InChI is InChI=1S/C12H16F3N/c1-3-4-9(2)7-10-5-6-11(16-8-10)12(13,14)15/h5-6,8-9H,3-4,7H2,1-2H3. The van der Waals surface area contributed by atoms with Crippen molar-refractivity contribution in [3.8, 4) is 0 Å². The van der Waals surface area contributed by atoms with Gasteiger partial charge in [-0.15, -0.1) is 0 Å². The highest BCUT2D eigenvalue weighted by Gasteiger charge is 2.31. The van der Waals surface area contributed by atoms with E-state index in [1.54, 1.807) is 0 Å². The Balaban J connectivity index is 2.65. The van der Waals surface area contributed by atoms with E-state index < -0.39 is 11.9 Å². The Morgan fingerprint density at radius 1 is 1.31 bits per heavy atom. The van der Waals surface area contributed by atoms with Gasteiger partial charge in [-0.3, -0.25) is 4.98 Å². The van der Waals surface area contributed by atoms with E-state index in [-0.39, 0.29) is 0 Å². The van der Waals surface area contributed by atoms with Gasteiger partial charge in [-0.05, 0) is 24.0 Å². The third-order valence-electron chi connectivity index (χ3n) is 2.48. The second-order valence-electron chi connectivity index (χ2n) is 4.15. The van der Waals surface area contributed by atoms with Gasteiger partial charge in [-0.25, -0.2) is 0 Å². The molecule has 1 unspecified atom stereocenters. The van der Waals surface area contributed by atoms with Crippen LogP contribution in [0.5, 0.6) is 0 Å². The smallest absolute Gasteiger partial charge is 0.252 e. The first-order chi connectivity index (χ1) is 7.43. The monoisotopic (exact) mass is 231 g/mol. The molecule has 0 saturated carbocycles. The molecule has 0 aromatic carbocycles. The average Bonchev–Trinajstić information content (AvgIpc) is 2.17. The summed E-state index contributed by atoms with van der Waals surface area (Å²) >= 11 is 0. The van der Waals surface area contributed by atoms with Gasteiger partial charge in [0.25, 0.3) is 0 Å². The molecule has 0 spiro atoms. The third kappa shape index (κ3) is 3.83. The highest BCUT2D eigenvalue weighted by atomic mass is 19.4. The summed E-state index contributed by atoms with van der Waals surface area (Å²) in [7, 11) is 0. The summed E-state index contributed by atoms with van der Waals surface area (Å²) in [4.78, 5) is 3.44. The Morgan fingerprint density at radius 3 is 2.44 bits per heavy atom. The summed E-state index contributed by atoms with van der Waals surface area (Å²) in [6.45, 7) is 4.20. The topological polar surface area (TPSA) is 12.9 Å². The fourth-order valence-electron chi connectivity index (χ4n) is 1.71. The quantitative estimate of drug-likeness (QED) is 0.760. The molecule has 4 heteroatoms. The van der Waals surface area contributed by atoms with Crippen LogP contribution >= 0.6 is 0 Å². The van der Waals surface area contributed by atoms with Crippen LogP contribution in [0, 0.1) is 5.92 Å². The van der Waals surface area contributed by atoms with E-state index in [0.717, 1.165) is 30.9 Å². The van der Waals surface area contributed by atoms with E-state index in [1.165, 1.54) is 12.3 Å². The van der Waals surface area contributed by atoms with E-state index in [9.17, 15) is 13.2 Å². The molecule has 1 atom stereocenters. The van der Waals surface area contributed by atoms with E-state index in [0.29, 0.717) is 5.92 Å². The van der Waals surface area contributed by atoms with Crippen LogP contribution in [0.4, 0.5) is 13.2 Å². The molecule has 0 radical (unpaired) electrons. The minimum Gasteiger partial charge on any atom is -0.252 e. The molecule has 0 amide bonds. The summed E-state index contributed by atoms with van der Waals surface area (Å²) in [6, 6.07) is 2.57. The molecule has 1 rings (SSSR count). The second kappa shape index (κ2) is 5.32. The summed E-state index contributed by atoms with van der Waals surface area (Å²) in [6.07, 6.45) is -0.0439. The Morgan fingerprint density at radius 2 is 2.00 bits per heavy atom. The van der Waals surface area contributed by atoms with Crippen LogP contribution in [-0.4, -0.2) is 4.98 Å². The van der Waals surface area contributed by atoms with Crippen LogP contribution in [0.25, 0.3) is 0 Å². The van der Waals surface area contributed by atoms with Crippen molar-refractivity contribution in [3.63, 3.8) is 0 Å². The molecule has 0 saturated heterocycles. The third-order valence-corrected chi connectivity index (χ3v) is 2.48. The zero-order valence-corrected chi connectivity index (χ0v) is 9.51. The molecule has 1 nitrogen and oxygen atoms in total. The number of alkyl halides is 3. The molecular formula is C12H16F3N. The van der Waals surface area contributed by atoms with Crippen LogP contribution in [-0.2, 0) is 12.6 Å². The maximum atomic E-state index is 12.2. The highest BCUT2D eigenvalue weighted by Crippen LogP contribution is 2.27. The minimum absolute atomic E-state index is 0.489. The number of nitrogens with zero attached hydrogens (tertiary/aromatic N) is 1. The van der Waals surface area contributed by atoms with Crippen molar-refractivity contribution in [2.45, 2.75) is 39.3 Å². The van der Waals surface area contributed by atoms with Gasteiger partial charge in [0.2, 0.25) is 0 Å². The summed E-state index contributed by atoms with van der Waals surface area (Å²) < 4.78 is 36.7. The molecule has 0 fully saturated rings. The number of hydrogen-bond donors (Lipinski definition) is 0. The van der Waals surface area contributed by atoms with Gasteiger partial charge < -0.3 is 0 Å². The Hall–Kier alpha value is -1.06. The number of hydrogen-bond acceptors (Lipinski definition) is 1. The minimum atomic E-state index is -4.34. The van der Waals surface area contributed by atoms with Gasteiger partial charge in [-0.2, -0.15) is 13.2 Å². The van der Waals surface area contributed by atoms with Gasteiger partial charge in [-0.1, -0.05) is 32.8 Å². The van der Waals surface area contributed by atoms with Crippen molar-refractivity contribution in [1.29, 1.82) is 0 Å². The molecule has 0 aliphatic carbocycles. The van der Waals surface area contributed by atoms with Crippen LogP contribution in [0.3, 0.4) is 0 Å². The van der Waals surface area contributed by atoms with Crippen molar-refractivity contribution < 1.29 is 13.2 Å². The molecular weight excluding hydrogens is 215 g/mol. The van der Waals surface area contributed by atoms with Gasteiger partial charge in [0.1, 0.15) is 5.69 Å². The number of pyridine rings is 1. The fraction of sp³-hybridized carbons (Fsp3) is 0.583. The summed E-state index contributed by atoms with van der Waals surface area (Å²) in [5.41, 5.74) is 0.0494. The fourth-order valence-corrected chi connectivity index (χ4v) is 1.71. The van der Waals surface area contributed by atoms with Crippen LogP contribution in [0.1, 0.15) is 37.9 Å². The zero-order chi connectivity index (χ0) is 12.2. The Bertz CT molecular complexity index is 316. The lowest BCUT2D eigenvalue weighted by Gasteiger charge is -2.10. The van der Waals surface area contributed by atoms with E-state index in [4.69, 9.17) is 0 Å². The lowest BCUT2D eigenvalue weighted by molar-refractivity contribution is -0.141. The van der Waals surface area contributed by atoms with Crippen molar-refractivity contribution in [3.05, 3.63) is 29.6 Å². The first-order valence-corrected chi connectivity index (χ1v) is 5.45. The van der Waals surface area contributed by atoms with Crippen LogP contribution in [0.15, 0.2) is 18.3 Å². The first kappa shape index (κ1) is 13.0. The lowest BCUT2D eigenvalue weighted by Crippen LogP contribution is -2.08. The molecule has 1 heterocycles. The first-order valence-electron chi connectivity index (χ1n) is 5.45. The number of aromatic nitrogens is 1. The van der Waals surface area contributed by atoms with Gasteiger partial charge in [0.15, 0.2) is 0 Å². The lowest BCUT2D eigenvalue weighted by atomic mass is 9.98. The van der Waals surface area contributed by atoms with Crippen molar-refractivity contribution >= 4 is 0 Å². The molecule has 16 heavy (non-hydrogen) atoms. The molecule has 90 valence electrons. The van der Waals surface area contributed by atoms with E-state index >= 15 is 0 Å². The Kier molecular flexibility index (Phi) is 4.33. The van der Waals surface area contributed by atoms with Crippen molar-refractivity contribution in [2.75, 3.05) is 0 Å². The molecule has 0 aliphatic heterocycles. The summed E-state index contributed by atoms with van der Waals surface area (Å²) in [5, 5.41) is 0. The average molecular weight is 231 g/mol. The van der Waals surface area contributed by atoms with Gasteiger partial charge in [0.05, 0.1) is 0 Å². The SMILES string of the molecule is CCCC(C)Cc1ccc(C(F)(F)F)nc1. The number of rotatable bonds is 4. The number of halogens is 3. The van der Waals surface area contributed by atoms with Crippen molar-refractivity contribution in [1.82, 2.24) is 4.98 Å². The largest absolute Gasteiger partial charge is 0.433 e. The zero-order valence-electron chi connectivity index (χ0n) is 9.51. The Labute approximate surface area is 93.7 Å². The maximum absolute atomic E-state index is 12.2. The maximum Gasteiger partial charge on any atom is 0.433 e. The van der Waals surface area contributed by atoms with Crippen LogP contribution in [0.2, 0.25) is 0 Å². The predicted molar refractivity (Wildman–Crippen MR) is 57.0 cm³/mol. The van der Waals surface area contributed by atoms with Crippen molar-refractivity contribution in [2.24, 2.45) is 5.92 Å².